The van der Waals surface area contributed by atoms with Crippen molar-refractivity contribution in [1.29, 1.82) is 5.26 Å². The number of para-hydroxylation sites is 2. The maximum atomic E-state index is 9.25. The van der Waals surface area contributed by atoms with E-state index < -0.39 is 0 Å². The Morgan fingerprint density at radius 1 is 1.00 bits per heavy atom. The summed E-state index contributed by atoms with van der Waals surface area (Å²) in [6.45, 7) is 0.480. The molecule has 20 heavy (non-hydrogen) atoms. The molecule has 0 saturated carbocycles. The van der Waals surface area contributed by atoms with Crippen molar-refractivity contribution in [2.75, 3.05) is 13.7 Å². The number of ether oxygens (including phenoxy) is 2. The molecular formula is C17H17NO2. The molecule has 3 nitrogen and oxygen atoms in total. The van der Waals surface area contributed by atoms with Crippen LogP contribution in [-0.4, -0.2) is 13.7 Å². The van der Waals surface area contributed by atoms with Gasteiger partial charge in [-0.2, -0.15) is 5.26 Å². The maximum absolute atomic E-state index is 9.25. The van der Waals surface area contributed by atoms with E-state index in [-0.39, 0.29) is 5.92 Å². The SMILES string of the molecule is COc1ccccc1OCCC(C#N)c1ccccc1. The predicted molar refractivity (Wildman–Crippen MR) is 77.9 cm³/mol. The fourth-order valence-corrected chi connectivity index (χ4v) is 2.02. The van der Waals surface area contributed by atoms with Gasteiger partial charge in [0, 0.05) is 6.42 Å². The molecule has 0 N–H and O–H groups in total. The lowest BCUT2D eigenvalue weighted by Crippen LogP contribution is -2.05. The molecule has 0 aliphatic rings. The first-order valence-electron chi connectivity index (χ1n) is 6.55. The van der Waals surface area contributed by atoms with Gasteiger partial charge in [0.15, 0.2) is 11.5 Å². The van der Waals surface area contributed by atoms with Crippen molar-refractivity contribution >= 4 is 0 Å². The van der Waals surface area contributed by atoms with Gasteiger partial charge in [-0.05, 0) is 17.7 Å². The van der Waals surface area contributed by atoms with Gasteiger partial charge < -0.3 is 9.47 Å². The van der Waals surface area contributed by atoms with Crippen molar-refractivity contribution in [1.82, 2.24) is 0 Å². The van der Waals surface area contributed by atoms with Gasteiger partial charge in [0.05, 0.1) is 25.7 Å². The first-order valence-corrected chi connectivity index (χ1v) is 6.55. The van der Waals surface area contributed by atoms with E-state index in [0.717, 1.165) is 5.56 Å². The minimum Gasteiger partial charge on any atom is -0.493 e. The van der Waals surface area contributed by atoms with E-state index in [1.54, 1.807) is 7.11 Å². The largest absolute Gasteiger partial charge is 0.493 e. The van der Waals surface area contributed by atoms with Crippen LogP contribution in [0.1, 0.15) is 17.9 Å². The standard InChI is InChI=1S/C17H17NO2/c1-19-16-9-5-6-10-17(16)20-12-11-15(13-18)14-7-3-2-4-8-14/h2-10,15H,11-12H2,1H3. The zero-order chi connectivity index (χ0) is 14.2. The Morgan fingerprint density at radius 3 is 2.30 bits per heavy atom. The minimum atomic E-state index is -0.147. The Kier molecular flexibility index (Phi) is 5.02. The monoisotopic (exact) mass is 267 g/mol. The topological polar surface area (TPSA) is 42.2 Å². The van der Waals surface area contributed by atoms with Crippen molar-refractivity contribution < 1.29 is 9.47 Å². The fourth-order valence-electron chi connectivity index (χ4n) is 2.02. The van der Waals surface area contributed by atoms with Gasteiger partial charge in [-0.15, -0.1) is 0 Å². The molecule has 0 fully saturated rings. The fraction of sp³-hybridized carbons (Fsp3) is 0.235. The Hall–Kier alpha value is -2.47. The number of nitriles is 1. The third kappa shape index (κ3) is 3.52. The van der Waals surface area contributed by atoms with Crippen LogP contribution in [-0.2, 0) is 0 Å². The van der Waals surface area contributed by atoms with Gasteiger partial charge in [0.25, 0.3) is 0 Å². The minimum absolute atomic E-state index is 0.147. The molecule has 0 amide bonds. The van der Waals surface area contributed by atoms with E-state index in [1.165, 1.54) is 0 Å². The molecule has 0 heterocycles. The first-order chi connectivity index (χ1) is 9.85. The van der Waals surface area contributed by atoms with Gasteiger partial charge in [0.1, 0.15) is 0 Å². The molecule has 0 saturated heterocycles. The number of hydrogen-bond acceptors (Lipinski definition) is 3. The summed E-state index contributed by atoms with van der Waals surface area (Å²) in [5.41, 5.74) is 1.03. The van der Waals surface area contributed by atoms with Crippen LogP contribution < -0.4 is 9.47 Å². The van der Waals surface area contributed by atoms with E-state index in [9.17, 15) is 5.26 Å². The summed E-state index contributed by atoms with van der Waals surface area (Å²) in [5, 5.41) is 9.25. The normalized spacial score (nSPS) is 11.4. The van der Waals surface area contributed by atoms with Gasteiger partial charge in [-0.3, -0.25) is 0 Å². The third-order valence-corrected chi connectivity index (χ3v) is 3.09. The Bertz CT molecular complexity index is 575. The lowest BCUT2D eigenvalue weighted by molar-refractivity contribution is 0.285. The molecule has 102 valence electrons. The van der Waals surface area contributed by atoms with Crippen LogP contribution in [0, 0.1) is 11.3 Å². The molecule has 0 bridgehead atoms. The average molecular weight is 267 g/mol. The number of benzene rings is 2. The summed E-state index contributed by atoms with van der Waals surface area (Å²) in [7, 11) is 1.62. The highest BCUT2D eigenvalue weighted by atomic mass is 16.5. The number of nitrogens with zero attached hydrogens (tertiary/aromatic N) is 1. The van der Waals surface area contributed by atoms with E-state index in [2.05, 4.69) is 6.07 Å². The summed E-state index contributed by atoms with van der Waals surface area (Å²) >= 11 is 0. The quantitative estimate of drug-likeness (QED) is 0.800. The maximum Gasteiger partial charge on any atom is 0.161 e. The van der Waals surface area contributed by atoms with E-state index in [4.69, 9.17) is 9.47 Å². The summed E-state index contributed by atoms with van der Waals surface area (Å²) in [6.07, 6.45) is 0.651. The number of hydrogen-bond donors (Lipinski definition) is 0. The highest BCUT2D eigenvalue weighted by Gasteiger charge is 2.11. The van der Waals surface area contributed by atoms with Crippen molar-refractivity contribution in [2.24, 2.45) is 0 Å². The summed E-state index contributed by atoms with van der Waals surface area (Å²) < 4.78 is 10.9. The third-order valence-electron chi connectivity index (χ3n) is 3.09. The zero-order valence-corrected chi connectivity index (χ0v) is 11.5. The van der Waals surface area contributed by atoms with Crippen LogP contribution in [0.4, 0.5) is 0 Å². The molecule has 1 unspecified atom stereocenters. The molecule has 0 aliphatic heterocycles. The van der Waals surface area contributed by atoms with E-state index >= 15 is 0 Å². The Morgan fingerprint density at radius 2 is 1.65 bits per heavy atom. The molecule has 0 aliphatic carbocycles. The van der Waals surface area contributed by atoms with Gasteiger partial charge in [-0.1, -0.05) is 42.5 Å². The van der Waals surface area contributed by atoms with Gasteiger partial charge >= 0.3 is 0 Å². The molecule has 2 aromatic carbocycles. The first kappa shape index (κ1) is 14.0. The van der Waals surface area contributed by atoms with Crippen molar-refractivity contribution in [3.8, 4) is 17.6 Å². The van der Waals surface area contributed by atoms with E-state index in [1.807, 2.05) is 54.6 Å². The predicted octanol–water partition coefficient (Wildman–Crippen LogP) is 3.77. The molecule has 1 atom stereocenters. The summed E-state index contributed by atoms with van der Waals surface area (Å²) in [4.78, 5) is 0. The second-order valence-electron chi connectivity index (χ2n) is 4.38. The zero-order valence-electron chi connectivity index (χ0n) is 11.5. The van der Waals surface area contributed by atoms with Crippen LogP contribution in [0.25, 0.3) is 0 Å². The average Bonchev–Trinajstić information content (AvgIpc) is 2.53. The van der Waals surface area contributed by atoms with Crippen LogP contribution in [0.15, 0.2) is 54.6 Å². The summed E-state index contributed by atoms with van der Waals surface area (Å²) in [5.74, 6) is 1.27. The van der Waals surface area contributed by atoms with Crippen LogP contribution in [0.2, 0.25) is 0 Å². The van der Waals surface area contributed by atoms with Crippen molar-refractivity contribution in [2.45, 2.75) is 12.3 Å². The Labute approximate surface area is 119 Å². The molecular weight excluding hydrogens is 250 g/mol. The summed E-state index contributed by atoms with van der Waals surface area (Å²) in [6, 6.07) is 19.6. The van der Waals surface area contributed by atoms with Crippen molar-refractivity contribution in [3.63, 3.8) is 0 Å². The molecule has 3 heteroatoms. The molecule has 2 aromatic rings. The van der Waals surface area contributed by atoms with Gasteiger partial charge in [-0.25, -0.2) is 0 Å². The second kappa shape index (κ2) is 7.20. The molecule has 0 radical (unpaired) electrons. The lowest BCUT2D eigenvalue weighted by Gasteiger charge is -2.12. The highest BCUT2D eigenvalue weighted by molar-refractivity contribution is 5.39. The van der Waals surface area contributed by atoms with Crippen LogP contribution >= 0.6 is 0 Å². The van der Waals surface area contributed by atoms with Gasteiger partial charge in [0.2, 0.25) is 0 Å². The highest BCUT2D eigenvalue weighted by Crippen LogP contribution is 2.27. The molecule has 0 aromatic heterocycles. The second-order valence-corrected chi connectivity index (χ2v) is 4.38. The number of rotatable bonds is 6. The molecule has 2 rings (SSSR count). The number of methoxy groups -OCH3 is 1. The molecule has 0 spiro atoms. The van der Waals surface area contributed by atoms with Crippen LogP contribution in [0.5, 0.6) is 11.5 Å². The Balaban J connectivity index is 1.93. The van der Waals surface area contributed by atoms with E-state index in [0.29, 0.717) is 24.5 Å². The lowest BCUT2D eigenvalue weighted by atomic mass is 9.98. The van der Waals surface area contributed by atoms with Crippen LogP contribution in [0.3, 0.4) is 0 Å². The van der Waals surface area contributed by atoms with Crippen molar-refractivity contribution in [3.05, 3.63) is 60.2 Å². The smallest absolute Gasteiger partial charge is 0.161 e.